The average Bonchev–Trinajstić information content (AvgIpc) is 2.51. The molecule has 0 saturated heterocycles. The minimum absolute atomic E-state index is 0.148. The number of hydrogen-bond acceptors (Lipinski definition) is 7. The summed E-state index contributed by atoms with van der Waals surface area (Å²) in [5.41, 5.74) is -0.855. The van der Waals surface area contributed by atoms with Crippen LogP contribution in [0.1, 0.15) is 21.7 Å². The number of aromatic hydroxyl groups is 1. The van der Waals surface area contributed by atoms with E-state index in [1.54, 1.807) is 13.1 Å². The molecule has 0 saturated carbocycles. The first kappa shape index (κ1) is 16.9. The number of ketones is 1. The molecule has 0 aliphatic heterocycles. The summed E-state index contributed by atoms with van der Waals surface area (Å²) in [4.78, 5) is 34.2. The van der Waals surface area contributed by atoms with Crippen molar-refractivity contribution in [3.05, 3.63) is 67.8 Å². The van der Waals surface area contributed by atoms with Crippen LogP contribution in [0.15, 0.2) is 39.6 Å². The van der Waals surface area contributed by atoms with Crippen LogP contribution >= 0.6 is 0 Å². The lowest BCUT2D eigenvalue weighted by Gasteiger charge is -2.03. The van der Waals surface area contributed by atoms with Crippen molar-refractivity contribution in [3.63, 3.8) is 0 Å². The lowest BCUT2D eigenvalue weighted by molar-refractivity contribution is -0.383. The van der Waals surface area contributed by atoms with Gasteiger partial charge in [0.25, 0.3) is 5.69 Å². The third kappa shape index (κ3) is 3.49. The van der Waals surface area contributed by atoms with Crippen LogP contribution < -0.4 is 10.9 Å². The van der Waals surface area contributed by atoms with E-state index in [1.807, 2.05) is 0 Å². The molecule has 0 unspecified atom stereocenters. The molecule has 1 aromatic heterocycles. The Kier molecular flexibility index (Phi) is 4.78. The zero-order chi connectivity index (χ0) is 17.9. The second-order valence-corrected chi connectivity index (χ2v) is 4.89. The summed E-state index contributed by atoms with van der Waals surface area (Å²) in [7, 11) is 1.56. The van der Waals surface area contributed by atoms with Crippen LogP contribution in [0, 0.1) is 17.0 Å². The zero-order valence-electron chi connectivity index (χ0n) is 12.9. The number of allylic oxidation sites excluding steroid dienone is 1. The van der Waals surface area contributed by atoms with E-state index in [0.29, 0.717) is 11.3 Å². The number of nitro groups is 1. The third-order valence-electron chi connectivity index (χ3n) is 3.22. The minimum Gasteiger partial charge on any atom is -0.507 e. The highest BCUT2D eigenvalue weighted by molar-refractivity contribution is 6.08. The van der Waals surface area contributed by atoms with Gasteiger partial charge < -0.3 is 14.8 Å². The maximum absolute atomic E-state index is 12.1. The Morgan fingerprint density at radius 3 is 2.67 bits per heavy atom. The standard InChI is InChI=1S/C16H14N2O6/c1-9-7-14(20)15(16(21)24-9)13(19)6-4-10-3-5-11(17-2)12(8-10)18(22)23/h3-8,17,20H,1-2H3/b6-4+. The van der Waals surface area contributed by atoms with E-state index in [-0.39, 0.29) is 11.4 Å². The molecule has 8 heteroatoms. The largest absolute Gasteiger partial charge is 0.507 e. The second kappa shape index (κ2) is 6.78. The molecule has 0 radical (unpaired) electrons. The maximum atomic E-state index is 12.1. The predicted molar refractivity (Wildman–Crippen MR) is 87.4 cm³/mol. The fraction of sp³-hybridized carbons (Fsp3) is 0.125. The topological polar surface area (TPSA) is 123 Å². The zero-order valence-corrected chi connectivity index (χ0v) is 12.9. The summed E-state index contributed by atoms with van der Waals surface area (Å²) in [5, 5.41) is 23.4. The van der Waals surface area contributed by atoms with Crippen molar-refractivity contribution in [2.45, 2.75) is 6.92 Å². The quantitative estimate of drug-likeness (QED) is 0.373. The van der Waals surface area contributed by atoms with Crippen LogP contribution in [-0.4, -0.2) is 22.9 Å². The second-order valence-electron chi connectivity index (χ2n) is 4.89. The van der Waals surface area contributed by atoms with Crippen LogP contribution in [0.3, 0.4) is 0 Å². The molecule has 124 valence electrons. The minimum atomic E-state index is -0.946. The Labute approximate surface area is 136 Å². The van der Waals surface area contributed by atoms with E-state index >= 15 is 0 Å². The molecular weight excluding hydrogens is 316 g/mol. The number of carbonyl (C=O) groups excluding carboxylic acids is 1. The molecule has 0 fully saturated rings. The van der Waals surface area contributed by atoms with Crippen molar-refractivity contribution < 1.29 is 19.2 Å². The average molecular weight is 330 g/mol. The number of hydrogen-bond donors (Lipinski definition) is 2. The van der Waals surface area contributed by atoms with Gasteiger partial charge >= 0.3 is 5.63 Å². The Morgan fingerprint density at radius 2 is 2.08 bits per heavy atom. The van der Waals surface area contributed by atoms with Gasteiger partial charge in [-0.15, -0.1) is 0 Å². The Hall–Kier alpha value is -3.42. The van der Waals surface area contributed by atoms with Crippen molar-refractivity contribution in [2.75, 3.05) is 12.4 Å². The highest BCUT2D eigenvalue weighted by Crippen LogP contribution is 2.25. The number of aryl methyl sites for hydroxylation is 1. The molecule has 0 aliphatic carbocycles. The van der Waals surface area contributed by atoms with E-state index < -0.39 is 27.6 Å². The molecule has 8 nitrogen and oxygen atoms in total. The van der Waals surface area contributed by atoms with E-state index in [1.165, 1.54) is 25.1 Å². The first-order valence-electron chi connectivity index (χ1n) is 6.85. The molecule has 24 heavy (non-hydrogen) atoms. The van der Waals surface area contributed by atoms with Crippen molar-refractivity contribution in [1.82, 2.24) is 0 Å². The van der Waals surface area contributed by atoms with Crippen LogP contribution in [0.25, 0.3) is 6.08 Å². The predicted octanol–water partition coefficient (Wildman–Crippen LogP) is 2.50. The molecule has 2 aromatic rings. The fourth-order valence-corrected chi connectivity index (χ4v) is 2.09. The maximum Gasteiger partial charge on any atom is 0.351 e. The van der Waals surface area contributed by atoms with Crippen molar-refractivity contribution in [3.8, 4) is 5.75 Å². The SMILES string of the molecule is CNc1ccc(/C=C/C(=O)c2c(O)cc(C)oc2=O)cc1[N+](=O)[O-]. The first-order chi connectivity index (χ1) is 11.3. The smallest absolute Gasteiger partial charge is 0.351 e. The van der Waals surface area contributed by atoms with Gasteiger partial charge in [-0.05, 0) is 24.6 Å². The normalized spacial score (nSPS) is 10.8. The highest BCUT2D eigenvalue weighted by Gasteiger charge is 2.16. The highest BCUT2D eigenvalue weighted by atomic mass is 16.6. The lowest BCUT2D eigenvalue weighted by atomic mass is 10.1. The van der Waals surface area contributed by atoms with E-state index in [0.717, 1.165) is 12.1 Å². The number of nitrogens with zero attached hydrogens (tertiary/aromatic N) is 1. The van der Waals surface area contributed by atoms with Crippen LogP contribution in [0.2, 0.25) is 0 Å². The van der Waals surface area contributed by atoms with Gasteiger partial charge in [-0.3, -0.25) is 14.9 Å². The van der Waals surface area contributed by atoms with Crippen LogP contribution in [0.5, 0.6) is 5.75 Å². The van der Waals surface area contributed by atoms with Crippen LogP contribution in [-0.2, 0) is 0 Å². The molecule has 1 aromatic carbocycles. The van der Waals surface area contributed by atoms with Gasteiger partial charge in [0.05, 0.1) is 4.92 Å². The van der Waals surface area contributed by atoms with Gasteiger partial charge in [-0.25, -0.2) is 4.79 Å². The van der Waals surface area contributed by atoms with Crippen LogP contribution in [0.4, 0.5) is 11.4 Å². The number of rotatable bonds is 5. The monoisotopic (exact) mass is 330 g/mol. The van der Waals surface area contributed by atoms with Gasteiger partial charge in [-0.1, -0.05) is 12.1 Å². The molecule has 0 bridgehead atoms. The Bertz CT molecular complexity index is 898. The van der Waals surface area contributed by atoms with Crippen molar-refractivity contribution >= 4 is 23.2 Å². The molecule has 0 aliphatic rings. The first-order valence-corrected chi connectivity index (χ1v) is 6.85. The van der Waals surface area contributed by atoms with Crippen molar-refractivity contribution in [1.29, 1.82) is 0 Å². The molecule has 1 heterocycles. The van der Waals surface area contributed by atoms with E-state index in [2.05, 4.69) is 5.32 Å². The molecule has 0 spiro atoms. The number of nitro benzene ring substituents is 1. The van der Waals surface area contributed by atoms with E-state index in [9.17, 15) is 24.8 Å². The number of carbonyl (C=O) groups is 1. The molecule has 2 N–H and O–H groups in total. The summed E-state index contributed by atoms with van der Waals surface area (Å²) >= 11 is 0. The third-order valence-corrected chi connectivity index (χ3v) is 3.22. The number of benzene rings is 1. The Balaban J connectivity index is 2.35. The van der Waals surface area contributed by atoms with Gasteiger partial charge in [0.1, 0.15) is 22.8 Å². The van der Waals surface area contributed by atoms with Crippen molar-refractivity contribution in [2.24, 2.45) is 0 Å². The molecular formula is C16H14N2O6. The number of anilines is 1. The summed E-state index contributed by atoms with van der Waals surface area (Å²) in [6, 6.07) is 5.52. The van der Waals surface area contributed by atoms with E-state index in [4.69, 9.17) is 4.42 Å². The van der Waals surface area contributed by atoms with Gasteiger partial charge in [0, 0.05) is 19.2 Å². The van der Waals surface area contributed by atoms with Gasteiger partial charge in [-0.2, -0.15) is 0 Å². The molecule has 0 atom stereocenters. The molecule has 2 rings (SSSR count). The summed E-state index contributed by atoms with van der Waals surface area (Å²) in [6.45, 7) is 1.47. The summed E-state index contributed by atoms with van der Waals surface area (Å²) < 4.78 is 4.78. The summed E-state index contributed by atoms with van der Waals surface area (Å²) in [5.74, 6) is -1.06. The van der Waals surface area contributed by atoms with Gasteiger partial charge in [0.2, 0.25) is 0 Å². The van der Waals surface area contributed by atoms with Gasteiger partial charge in [0.15, 0.2) is 5.78 Å². The summed E-state index contributed by atoms with van der Waals surface area (Å²) in [6.07, 6.45) is 2.35. The lowest BCUT2D eigenvalue weighted by Crippen LogP contribution is -2.12. The molecule has 0 amide bonds. The fourth-order valence-electron chi connectivity index (χ4n) is 2.09. The number of nitrogens with one attached hydrogen (secondary N) is 1. The Morgan fingerprint density at radius 1 is 1.38 bits per heavy atom.